The molecule has 1 aromatic heterocycles. The van der Waals surface area contributed by atoms with Gasteiger partial charge in [-0.25, -0.2) is 9.18 Å². The lowest BCUT2D eigenvalue weighted by Crippen LogP contribution is -2.48. The van der Waals surface area contributed by atoms with E-state index in [1.807, 2.05) is 73.8 Å². The number of hydrogen-bond acceptors (Lipinski definition) is 3. The van der Waals surface area contributed by atoms with E-state index in [0.717, 1.165) is 34.8 Å². The first kappa shape index (κ1) is 26.0. The van der Waals surface area contributed by atoms with E-state index in [2.05, 4.69) is 9.88 Å². The van der Waals surface area contributed by atoms with E-state index in [9.17, 15) is 14.0 Å². The van der Waals surface area contributed by atoms with Crippen molar-refractivity contribution in [3.8, 4) is 11.4 Å². The summed E-state index contributed by atoms with van der Waals surface area (Å²) in [6.45, 7) is 2.22. The maximum atomic E-state index is 14.3. The van der Waals surface area contributed by atoms with E-state index in [0.29, 0.717) is 13.0 Å². The van der Waals surface area contributed by atoms with Crippen LogP contribution in [0, 0.1) is 5.82 Å². The Balaban J connectivity index is 1.51. The van der Waals surface area contributed by atoms with Gasteiger partial charge in [-0.15, -0.1) is 0 Å². The summed E-state index contributed by atoms with van der Waals surface area (Å²) in [6, 6.07) is 24.4. The van der Waals surface area contributed by atoms with Gasteiger partial charge in [0.1, 0.15) is 24.2 Å². The molecule has 0 radical (unpaired) electrons. The number of amides is 3. The number of nitrogens with zero attached hydrogens (tertiary/aromatic N) is 3. The van der Waals surface area contributed by atoms with Crippen LogP contribution >= 0.6 is 0 Å². The molecule has 3 amide bonds. The summed E-state index contributed by atoms with van der Waals surface area (Å²) in [5.41, 5.74) is 3.55. The molecule has 7 nitrogen and oxygen atoms in total. The molecule has 8 heteroatoms. The highest BCUT2D eigenvalue weighted by molar-refractivity contribution is 6.01. The summed E-state index contributed by atoms with van der Waals surface area (Å²) in [6.07, 6.45) is 3.54. The number of benzene rings is 3. The lowest BCUT2D eigenvalue weighted by molar-refractivity contribution is -0.119. The van der Waals surface area contributed by atoms with Gasteiger partial charge in [0, 0.05) is 12.7 Å². The van der Waals surface area contributed by atoms with Crippen LogP contribution < -0.4 is 15.0 Å². The number of aromatic nitrogens is 1. The van der Waals surface area contributed by atoms with Crippen molar-refractivity contribution in [3.05, 3.63) is 108 Å². The number of ether oxygens (including phenoxy) is 1. The van der Waals surface area contributed by atoms with Gasteiger partial charge in [0.25, 0.3) is 0 Å². The number of unbranched alkanes of at least 4 members (excludes halogenated alkanes) is 1. The van der Waals surface area contributed by atoms with Crippen molar-refractivity contribution in [3.63, 3.8) is 0 Å². The van der Waals surface area contributed by atoms with Gasteiger partial charge in [-0.05, 0) is 60.5 Å². The fraction of sp³-hybridized carbons (Fsp3) is 0.226. The van der Waals surface area contributed by atoms with Crippen molar-refractivity contribution < 1.29 is 18.7 Å². The molecule has 0 bridgehead atoms. The lowest BCUT2D eigenvalue weighted by Gasteiger charge is -2.39. The molecule has 1 aliphatic rings. The first-order chi connectivity index (χ1) is 19.0. The van der Waals surface area contributed by atoms with Gasteiger partial charge in [0.05, 0.1) is 29.9 Å². The average Bonchev–Trinajstić information content (AvgIpc) is 3.46. The van der Waals surface area contributed by atoms with Crippen molar-refractivity contribution in [2.24, 2.45) is 0 Å². The van der Waals surface area contributed by atoms with Crippen LogP contribution in [0.25, 0.3) is 5.69 Å². The van der Waals surface area contributed by atoms with E-state index in [1.54, 1.807) is 24.1 Å². The number of carbonyl (C=O) groups is 2. The highest BCUT2D eigenvalue weighted by Gasteiger charge is 2.37. The summed E-state index contributed by atoms with van der Waals surface area (Å²) in [5, 5.41) is 2.64. The molecule has 1 aliphatic heterocycles. The summed E-state index contributed by atoms with van der Waals surface area (Å²) in [5.74, 6) is -0.0489. The van der Waals surface area contributed by atoms with Crippen LogP contribution in [0.1, 0.15) is 37.1 Å². The summed E-state index contributed by atoms with van der Waals surface area (Å²) < 4.78 is 21.7. The van der Waals surface area contributed by atoms with Crippen LogP contribution in [0.5, 0.6) is 5.75 Å². The highest BCUT2D eigenvalue weighted by Crippen LogP contribution is 2.42. The van der Waals surface area contributed by atoms with Crippen molar-refractivity contribution >= 4 is 23.3 Å². The van der Waals surface area contributed by atoms with Gasteiger partial charge < -0.3 is 19.5 Å². The molecule has 1 N–H and O–H groups in total. The number of methoxy groups -OCH3 is 1. The SMILES string of the molecule is CCCCN(CC(=O)N1c2ccccc2-n2cccc2C1c1ccc(OC)cc1)C(=O)Nc1ccccc1F. The number of hydrogen-bond donors (Lipinski definition) is 1. The van der Waals surface area contributed by atoms with E-state index in [4.69, 9.17) is 4.74 Å². The molecular weight excluding hydrogens is 495 g/mol. The van der Waals surface area contributed by atoms with Crippen LogP contribution in [0.4, 0.5) is 20.6 Å². The Labute approximate surface area is 227 Å². The molecule has 0 fully saturated rings. The molecule has 0 saturated carbocycles. The zero-order chi connectivity index (χ0) is 27.4. The van der Waals surface area contributed by atoms with E-state index in [-0.39, 0.29) is 18.1 Å². The predicted molar refractivity (Wildman–Crippen MR) is 150 cm³/mol. The fourth-order valence-corrected chi connectivity index (χ4v) is 4.96. The number of halogens is 1. The zero-order valence-corrected chi connectivity index (χ0v) is 22.0. The third-order valence-corrected chi connectivity index (χ3v) is 6.93. The average molecular weight is 527 g/mol. The maximum Gasteiger partial charge on any atom is 0.322 e. The Bertz CT molecular complexity index is 1470. The number of para-hydroxylation sites is 3. The van der Waals surface area contributed by atoms with Crippen molar-refractivity contribution in [1.82, 2.24) is 9.47 Å². The molecule has 5 rings (SSSR count). The standard InChI is InChI=1S/C31H31FN4O3/c1-3-4-19-34(31(38)33-25-11-6-5-10-24(25)32)21-29(37)36-27-13-8-7-12-26(27)35-20-9-14-28(35)30(36)22-15-17-23(39-2)18-16-22/h5-18,20,30H,3-4,19,21H2,1-2H3,(H,33,38). The minimum Gasteiger partial charge on any atom is -0.497 e. The first-order valence-electron chi connectivity index (χ1n) is 13.0. The highest BCUT2D eigenvalue weighted by atomic mass is 19.1. The quantitative estimate of drug-likeness (QED) is 0.289. The van der Waals surface area contributed by atoms with Crippen LogP contribution in [0.15, 0.2) is 91.1 Å². The molecule has 0 spiro atoms. The number of rotatable bonds is 8. The van der Waals surface area contributed by atoms with Crippen LogP contribution in [0.2, 0.25) is 0 Å². The topological polar surface area (TPSA) is 66.8 Å². The van der Waals surface area contributed by atoms with Gasteiger partial charge in [-0.2, -0.15) is 0 Å². The number of carbonyl (C=O) groups excluding carboxylic acids is 2. The number of fused-ring (bicyclic) bond motifs is 3. The number of anilines is 2. The minimum atomic E-state index is -0.530. The molecule has 4 aromatic rings. The number of urea groups is 1. The minimum absolute atomic E-state index is 0.0775. The zero-order valence-electron chi connectivity index (χ0n) is 22.0. The normalized spacial score (nSPS) is 13.8. The van der Waals surface area contributed by atoms with Gasteiger partial charge in [-0.1, -0.05) is 49.7 Å². The fourth-order valence-electron chi connectivity index (χ4n) is 4.96. The van der Waals surface area contributed by atoms with Crippen LogP contribution in [0.3, 0.4) is 0 Å². The van der Waals surface area contributed by atoms with Crippen molar-refractivity contribution in [2.75, 3.05) is 30.4 Å². The smallest absolute Gasteiger partial charge is 0.322 e. The van der Waals surface area contributed by atoms with E-state index >= 15 is 0 Å². The number of nitrogens with one attached hydrogen (secondary N) is 1. The van der Waals surface area contributed by atoms with Crippen molar-refractivity contribution in [1.29, 1.82) is 0 Å². The second-order valence-corrected chi connectivity index (χ2v) is 9.42. The molecule has 0 saturated heterocycles. The first-order valence-corrected chi connectivity index (χ1v) is 13.0. The largest absolute Gasteiger partial charge is 0.497 e. The van der Waals surface area contributed by atoms with E-state index < -0.39 is 17.9 Å². The van der Waals surface area contributed by atoms with Crippen molar-refractivity contribution in [2.45, 2.75) is 25.8 Å². The van der Waals surface area contributed by atoms with Gasteiger partial charge in [0.15, 0.2) is 0 Å². The Morgan fingerprint density at radius 3 is 2.38 bits per heavy atom. The second-order valence-electron chi connectivity index (χ2n) is 9.42. The molecule has 200 valence electrons. The summed E-state index contributed by atoms with van der Waals surface area (Å²) in [4.78, 5) is 30.7. The molecule has 39 heavy (non-hydrogen) atoms. The predicted octanol–water partition coefficient (Wildman–Crippen LogP) is 6.40. The Morgan fingerprint density at radius 2 is 1.67 bits per heavy atom. The Hall–Kier alpha value is -4.59. The molecule has 0 aliphatic carbocycles. The monoisotopic (exact) mass is 526 g/mol. The lowest BCUT2D eigenvalue weighted by atomic mass is 9.97. The van der Waals surface area contributed by atoms with Gasteiger partial charge in [-0.3, -0.25) is 9.69 Å². The molecule has 3 aromatic carbocycles. The Morgan fingerprint density at radius 1 is 0.949 bits per heavy atom. The van der Waals surface area contributed by atoms with Gasteiger partial charge in [0.2, 0.25) is 5.91 Å². The molecule has 1 atom stereocenters. The molecule has 1 unspecified atom stereocenters. The second kappa shape index (κ2) is 11.4. The molecule has 2 heterocycles. The third kappa shape index (κ3) is 5.23. The maximum absolute atomic E-state index is 14.3. The van der Waals surface area contributed by atoms with E-state index in [1.165, 1.54) is 17.0 Å². The Kier molecular flexibility index (Phi) is 7.63. The summed E-state index contributed by atoms with van der Waals surface area (Å²) in [7, 11) is 1.62. The third-order valence-electron chi connectivity index (χ3n) is 6.93. The van der Waals surface area contributed by atoms with Gasteiger partial charge >= 0.3 is 6.03 Å². The van der Waals surface area contributed by atoms with Crippen LogP contribution in [-0.2, 0) is 4.79 Å². The summed E-state index contributed by atoms with van der Waals surface area (Å²) >= 11 is 0. The molecular formula is C31H31FN4O3. The van der Waals surface area contributed by atoms with Crippen LogP contribution in [-0.4, -0.2) is 41.6 Å².